The van der Waals surface area contributed by atoms with Gasteiger partial charge in [-0.05, 0) is 18.2 Å². The van der Waals surface area contributed by atoms with Crippen molar-refractivity contribution in [2.45, 2.75) is 18.6 Å². The molecule has 6 nitrogen and oxygen atoms in total. The average molecular weight is 376 g/mol. The molecule has 0 unspecified atom stereocenters. The third kappa shape index (κ3) is 2.44. The second-order valence-electron chi connectivity index (χ2n) is 7.36. The molecule has 0 aromatic heterocycles. The maximum absolute atomic E-state index is 12.8. The van der Waals surface area contributed by atoms with E-state index in [1.54, 1.807) is 6.07 Å². The van der Waals surface area contributed by atoms with E-state index in [1.165, 1.54) is 0 Å². The number of rotatable bonds is 2. The number of carbonyl (C=O) groups is 2. The number of hydrogen-bond acceptors (Lipinski definition) is 5. The van der Waals surface area contributed by atoms with Crippen LogP contribution in [0.1, 0.15) is 33.6 Å². The molecule has 28 heavy (non-hydrogen) atoms. The molecule has 2 amide bonds. The Morgan fingerprint density at radius 3 is 2.36 bits per heavy atom. The van der Waals surface area contributed by atoms with Crippen molar-refractivity contribution in [3.8, 4) is 12.3 Å². The van der Waals surface area contributed by atoms with Crippen molar-refractivity contribution >= 4 is 28.3 Å². The van der Waals surface area contributed by atoms with Crippen LogP contribution in [0.3, 0.4) is 0 Å². The quantitative estimate of drug-likeness (QED) is 0.595. The monoisotopic (exact) mass is 376 g/mol. The number of piperidine rings is 1. The highest BCUT2D eigenvalue weighted by Crippen LogP contribution is 2.39. The molecular formula is C22H20N2O4. The van der Waals surface area contributed by atoms with E-state index in [0.717, 1.165) is 47.3 Å². The molecule has 5 rings (SSSR count). The number of terminal acetylenes is 1. The molecule has 0 saturated carbocycles. The van der Waals surface area contributed by atoms with Gasteiger partial charge in [0.05, 0.1) is 19.8 Å². The van der Waals surface area contributed by atoms with E-state index in [0.29, 0.717) is 24.3 Å². The minimum absolute atomic E-state index is 0.0244. The van der Waals surface area contributed by atoms with Crippen molar-refractivity contribution in [2.24, 2.45) is 0 Å². The second-order valence-corrected chi connectivity index (χ2v) is 7.36. The van der Waals surface area contributed by atoms with Gasteiger partial charge in [-0.25, -0.2) is 0 Å². The van der Waals surface area contributed by atoms with Crippen LogP contribution in [0.25, 0.3) is 10.8 Å². The minimum Gasteiger partial charge on any atom is -0.371 e. The number of imide groups is 1. The minimum atomic E-state index is -0.440. The Balaban J connectivity index is 1.55. The Morgan fingerprint density at radius 1 is 1.00 bits per heavy atom. The van der Waals surface area contributed by atoms with Crippen LogP contribution in [-0.4, -0.2) is 55.3 Å². The summed E-state index contributed by atoms with van der Waals surface area (Å²) in [5.74, 6) is 1.30. The molecule has 6 heteroatoms. The van der Waals surface area contributed by atoms with Gasteiger partial charge in [0, 0.05) is 53.5 Å². The zero-order valence-electron chi connectivity index (χ0n) is 15.4. The summed E-state index contributed by atoms with van der Waals surface area (Å²) in [4.78, 5) is 29.1. The van der Waals surface area contributed by atoms with Crippen LogP contribution in [0.4, 0.5) is 5.69 Å². The zero-order valence-corrected chi connectivity index (χ0v) is 15.4. The topological polar surface area (TPSA) is 59.1 Å². The first-order chi connectivity index (χ1) is 13.6. The lowest BCUT2D eigenvalue weighted by Crippen LogP contribution is -2.45. The average Bonchev–Trinajstić information content (AvgIpc) is 3.17. The fourth-order valence-electron chi connectivity index (χ4n) is 4.52. The van der Waals surface area contributed by atoms with E-state index >= 15 is 0 Å². The lowest BCUT2D eigenvalue weighted by atomic mass is 9.92. The van der Waals surface area contributed by atoms with Crippen LogP contribution >= 0.6 is 0 Å². The molecule has 0 bridgehead atoms. The molecule has 3 heterocycles. The van der Waals surface area contributed by atoms with Crippen molar-refractivity contribution in [1.82, 2.24) is 4.90 Å². The Labute approximate surface area is 163 Å². The second kappa shape index (κ2) is 6.33. The van der Waals surface area contributed by atoms with Crippen LogP contribution in [0.5, 0.6) is 0 Å². The van der Waals surface area contributed by atoms with Crippen molar-refractivity contribution in [3.63, 3.8) is 0 Å². The first-order valence-corrected chi connectivity index (χ1v) is 9.52. The SMILES string of the molecule is C#CCN1C(=O)c2cccc3c(N4CCC5(CC4)OCCO5)ccc(c23)C1=O. The Hall–Kier alpha value is -2.88. The van der Waals surface area contributed by atoms with Gasteiger partial charge >= 0.3 is 0 Å². The van der Waals surface area contributed by atoms with E-state index in [-0.39, 0.29) is 18.4 Å². The Morgan fingerprint density at radius 2 is 1.68 bits per heavy atom. The van der Waals surface area contributed by atoms with Gasteiger partial charge in [0.2, 0.25) is 0 Å². The van der Waals surface area contributed by atoms with Crippen molar-refractivity contribution in [3.05, 3.63) is 41.5 Å². The molecule has 2 saturated heterocycles. The summed E-state index contributed by atoms with van der Waals surface area (Å²) < 4.78 is 11.6. The van der Waals surface area contributed by atoms with Gasteiger partial charge in [0.15, 0.2) is 5.79 Å². The standard InChI is InChI=1S/C22H20N2O4/c1-2-10-24-20(25)16-5-3-4-15-18(7-6-17(19(15)16)21(24)26)23-11-8-22(9-12-23)27-13-14-28-22/h1,3-7H,8-14H2. The molecule has 0 N–H and O–H groups in total. The summed E-state index contributed by atoms with van der Waals surface area (Å²) in [7, 11) is 0. The van der Waals surface area contributed by atoms with Gasteiger partial charge in [0.1, 0.15) is 0 Å². The van der Waals surface area contributed by atoms with Crippen LogP contribution < -0.4 is 4.90 Å². The van der Waals surface area contributed by atoms with E-state index in [1.807, 2.05) is 24.3 Å². The molecule has 2 aromatic carbocycles. The van der Waals surface area contributed by atoms with Crippen molar-refractivity contribution in [1.29, 1.82) is 0 Å². The number of anilines is 1. The fraction of sp³-hybridized carbons (Fsp3) is 0.364. The molecule has 0 atom stereocenters. The Kier molecular flexibility index (Phi) is 3.90. The van der Waals surface area contributed by atoms with Crippen LogP contribution in [0, 0.1) is 12.3 Å². The number of ether oxygens (including phenoxy) is 2. The zero-order chi connectivity index (χ0) is 19.3. The van der Waals surface area contributed by atoms with E-state index in [2.05, 4.69) is 10.8 Å². The normalized spacial score (nSPS) is 20.8. The van der Waals surface area contributed by atoms with Crippen molar-refractivity contribution in [2.75, 3.05) is 37.7 Å². The first-order valence-electron chi connectivity index (χ1n) is 9.52. The number of nitrogens with zero attached hydrogens (tertiary/aromatic N) is 2. The summed E-state index contributed by atoms with van der Waals surface area (Å²) >= 11 is 0. The summed E-state index contributed by atoms with van der Waals surface area (Å²) in [6.45, 7) is 2.87. The van der Waals surface area contributed by atoms with Crippen molar-refractivity contribution < 1.29 is 19.1 Å². The third-order valence-electron chi connectivity index (χ3n) is 5.90. The number of carbonyl (C=O) groups excluding carboxylic acids is 2. The number of hydrogen-bond donors (Lipinski definition) is 0. The van der Waals surface area contributed by atoms with Gasteiger partial charge in [0.25, 0.3) is 11.8 Å². The number of benzene rings is 2. The van der Waals surface area contributed by atoms with E-state index in [9.17, 15) is 9.59 Å². The molecule has 3 aliphatic heterocycles. The molecule has 1 spiro atoms. The summed E-state index contributed by atoms with van der Waals surface area (Å²) in [5.41, 5.74) is 2.08. The molecule has 2 fully saturated rings. The smallest absolute Gasteiger partial charge is 0.262 e. The maximum Gasteiger partial charge on any atom is 0.262 e. The van der Waals surface area contributed by atoms with Gasteiger partial charge in [-0.2, -0.15) is 0 Å². The summed E-state index contributed by atoms with van der Waals surface area (Å²) in [5, 5.41) is 1.64. The maximum atomic E-state index is 12.8. The number of amides is 2. The largest absolute Gasteiger partial charge is 0.371 e. The lowest BCUT2D eigenvalue weighted by Gasteiger charge is -2.39. The highest BCUT2D eigenvalue weighted by molar-refractivity contribution is 6.26. The van der Waals surface area contributed by atoms with Crippen LogP contribution in [-0.2, 0) is 9.47 Å². The highest BCUT2D eigenvalue weighted by Gasteiger charge is 2.40. The predicted octanol–water partition coefficient (Wildman–Crippen LogP) is 2.41. The summed E-state index contributed by atoms with van der Waals surface area (Å²) in [6, 6.07) is 9.38. The van der Waals surface area contributed by atoms with E-state index in [4.69, 9.17) is 15.9 Å². The third-order valence-corrected chi connectivity index (χ3v) is 5.90. The highest BCUT2D eigenvalue weighted by atomic mass is 16.7. The van der Waals surface area contributed by atoms with Crippen LogP contribution in [0.15, 0.2) is 30.3 Å². The van der Waals surface area contributed by atoms with Crippen LogP contribution in [0.2, 0.25) is 0 Å². The van der Waals surface area contributed by atoms with Gasteiger partial charge in [-0.1, -0.05) is 18.1 Å². The Bertz CT molecular complexity index is 1000. The molecule has 0 aliphatic carbocycles. The van der Waals surface area contributed by atoms with Gasteiger partial charge in [-0.3, -0.25) is 14.5 Å². The molecule has 0 radical (unpaired) electrons. The molecule has 2 aromatic rings. The lowest BCUT2D eigenvalue weighted by molar-refractivity contribution is -0.169. The molecule has 3 aliphatic rings. The van der Waals surface area contributed by atoms with E-state index < -0.39 is 5.79 Å². The fourth-order valence-corrected chi connectivity index (χ4v) is 4.52. The predicted molar refractivity (Wildman–Crippen MR) is 104 cm³/mol. The first kappa shape index (κ1) is 17.2. The molecule has 142 valence electrons. The molecular weight excluding hydrogens is 356 g/mol. The van der Waals surface area contributed by atoms with Gasteiger partial charge in [-0.15, -0.1) is 6.42 Å². The summed E-state index contributed by atoms with van der Waals surface area (Å²) in [6.07, 6.45) is 6.94. The van der Waals surface area contributed by atoms with Gasteiger partial charge < -0.3 is 14.4 Å².